The van der Waals surface area contributed by atoms with Gasteiger partial charge < -0.3 is 19.7 Å². The van der Waals surface area contributed by atoms with Gasteiger partial charge in [-0.05, 0) is 37.2 Å². The van der Waals surface area contributed by atoms with Gasteiger partial charge in [0.25, 0.3) is 5.91 Å². The van der Waals surface area contributed by atoms with Crippen LogP contribution in [0.1, 0.15) is 27.0 Å². The third-order valence-corrected chi connectivity index (χ3v) is 5.49. The number of ether oxygens (including phenoxy) is 2. The number of carbonyl (C=O) groups is 1. The quantitative estimate of drug-likeness (QED) is 0.779. The molecule has 29 heavy (non-hydrogen) atoms. The Morgan fingerprint density at radius 3 is 2.07 bits per heavy atom. The number of methoxy groups -OCH3 is 2. The monoisotopic (exact) mass is 397 g/mol. The van der Waals surface area contributed by atoms with Gasteiger partial charge >= 0.3 is 0 Å². The van der Waals surface area contributed by atoms with Gasteiger partial charge in [-0.1, -0.05) is 24.3 Å². The number of carbonyl (C=O) groups excluding carboxylic acids is 1. The van der Waals surface area contributed by atoms with E-state index in [9.17, 15) is 4.79 Å². The molecule has 0 saturated carbocycles. The van der Waals surface area contributed by atoms with E-state index in [4.69, 9.17) is 9.47 Å². The molecule has 156 valence electrons. The highest BCUT2D eigenvalue weighted by atomic mass is 16.5. The maximum absolute atomic E-state index is 12.6. The first kappa shape index (κ1) is 21.1. The highest BCUT2D eigenvalue weighted by Crippen LogP contribution is 2.29. The molecule has 6 nitrogen and oxygen atoms in total. The van der Waals surface area contributed by atoms with Crippen molar-refractivity contribution < 1.29 is 14.3 Å². The van der Waals surface area contributed by atoms with Crippen molar-refractivity contribution in [1.82, 2.24) is 15.1 Å². The molecule has 6 heteroatoms. The molecule has 0 aliphatic carbocycles. The van der Waals surface area contributed by atoms with Crippen molar-refractivity contribution in [3.8, 4) is 11.5 Å². The summed E-state index contributed by atoms with van der Waals surface area (Å²) in [7, 11) is 5.35. The van der Waals surface area contributed by atoms with Crippen molar-refractivity contribution in [3.63, 3.8) is 0 Å². The van der Waals surface area contributed by atoms with Crippen molar-refractivity contribution >= 4 is 5.91 Å². The van der Waals surface area contributed by atoms with Crippen molar-refractivity contribution in [2.45, 2.75) is 20.0 Å². The molecule has 0 radical (unpaired) electrons. The first-order chi connectivity index (χ1) is 14.0. The number of nitrogens with one attached hydrogen (secondary N) is 1. The first-order valence-corrected chi connectivity index (χ1v) is 9.99. The van der Waals surface area contributed by atoms with E-state index in [1.165, 1.54) is 5.56 Å². The zero-order chi connectivity index (χ0) is 20.8. The SMILES string of the molecule is COc1cc(C(=O)NCc2ccc(CN3CCN(C)CC3)cc2)cc(OC)c1C. The van der Waals surface area contributed by atoms with Crippen LogP contribution < -0.4 is 14.8 Å². The lowest BCUT2D eigenvalue weighted by Gasteiger charge is -2.32. The van der Waals surface area contributed by atoms with E-state index in [-0.39, 0.29) is 5.91 Å². The van der Waals surface area contributed by atoms with Crippen LogP contribution in [-0.2, 0) is 13.1 Å². The summed E-state index contributed by atoms with van der Waals surface area (Å²) in [5.74, 6) is 1.13. The number of nitrogens with zero attached hydrogens (tertiary/aromatic N) is 2. The lowest BCUT2D eigenvalue weighted by molar-refractivity contribution is 0.0950. The van der Waals surface area contributed by atoms with Gasteiger partial charge in [0.1, 0.15) is 11.5 Å². The third kappa shape index (κ3) is 5.49. The minimum Gasteiger partial charge on any atom is -0.496 e. The number of likely N-dealkylation sites (N-methyl/N-ethyl adjacent to an activating group) is 1. The first-order valence-electron chi connectivity index (χ1n) is 9.99. The fourth-order valence-corrected chi connectivity index (χ4v) is 3.53. The summed E-state index contributed by atoms with van der Waals surface area (Å²) in [5, 5.41) is 2.98. The lowest BCUT2D eigenvalue weighted by atomic mass is 10.1. The fourth-order valence-electron chi connectivity index (χ4n) is 3.53. The van der Waals surface area contributed by atoms with Crippen LogP contribution in [0.4, 0.5) is 0 Å². The summed E-state index contributed by atoms with van der Waals surface area (Å²) in [6.45, 7) is 7.82. The summed E-state index contributed by atoms with van der Waals surface area (Å²) >= 11 is 0. The van der Waals surface area contributed by atoms with Gasteiger partial charge in [-0.3, -0.25) is 9.69 Å². The maximum Gasteiger partial charge on any atom is 0.251 e. The third-order valence-electron chi connectivity index (χ3n) is 5.49. The minimum absolute atomic E-state index is 0.150. The van der Waals surface area contributed by atoms with Gasteiger partial charge in [0.2, 0.25) is 0 Å². The number of amides is 1. The van der Waals surface area contributed by atoms with Crippen LogP contribution in [0, 0.1) is 6.92 Å². The molecule has 1 aliphatic heterocycles. The maximum atomic E-state index is 12.6. The van der Waals surface area contributed by atoms with Crippen LogP contribution in [0.3, 0.4) is 0 Å². The second-order valence-corrected chi connectivity index (χ2v) is 7.58. The van der Waals surface area contributed by atoms with E-state index >= 15 is 0 Å². The molecule has 1 amide bonds. The Hall–Kier alpha value is -2.57. The number of benzene rings is 2. The molecular weight excluding hydrogens is 366 g/mol. The van der Waals surface area contributed by atoms with Crippen molar-refractivity contribution in [2.75, 3.05) is 47.4 Å². The molecule has 0 spiro atoms. The van der Waals surface area contributed by atoms with Gasteiger partial charge in [-0.15, -0.1) is 0 Å². The Bertz CT molecular complexity index is 803. The molecule has 1 N–H and O–H groups in total. The van der Waals surface area contributed by atoms with Crippen LogP contribution in [0.15, 0.2) is 36.4 Å². The number of rotatable bonds is 7. The normalized spacial score (nSPS) is 15.2. The predicted octanol–water partition coefficient (Wildman–Crippen LogP) is 2.69. The molecule has 2 aromatic rings. The average molecular weight is 398 g/mol. The number of hydrogen-bond acceptors (Lipinski definition) is 5. The summed E-state index contributed by atoms with van der Waals surface area (Å²) in [4.78, 5) is 17.4. The van der Waals surface area contributed by atoms with E-state index < -0.39 is 0 Å². The van der Waals surface area contributed by atoms with Crippen LogP contribution >= 0.6 is 0 Å². The molecule has 3 rings (SSSR count). The summed E-state index contributed by atoms with van der Waals surface area (Å²) in [6, 6.07) is 12.0. The second kappa shape index (κ2) is 9.76. The number of piperazine rings is 1. The average Bonchev–Trinajstić information content (AvgIpc) is 2.74. The van der Waals surface area contributed by atoms with Crippen molar-refractivity contribution in [2.24, 2.45) is 0 Å². The van der Waals surface area contributed by atoms with Gasteiger partial charge in [0.15, 0.2) is 0 Å². The minimum atomic E-state index is -0.150. The molecule has 1 saturated heterocycles. The highest BCUT2D eigenvalue weighted by molar-refractivity contribution is 5.95. The molecular formula is C23H31N3O3. The highest BCUT2D eigenvalue weighted by Gasteiger charge is 2.15. The Kier molecular flexibility index (Phi) is 7.12. The van der Waals surface area contributed by atoms with Crippen LogP contribution in [0.2, 0.25) is 0 Å². The predicted molar refractivity (Wildman–Crippen MR) is 115 cm³/mol. The van der Waals surface area contributed by atoms with Gasteiger partial charge in [-0.2, -0.15) is 0 Å². The molecule has 1 fully saturated rings. The Labute approximate surface area is 173 Å². The molecule has 1 aliphatic rings. The van der Waals surface area contributed by atoms with Crippen LogP contribution in [-0.4, -0.2) is 63.2 Å². The standard InChI is InChI=1S/C23H31N3O3/c1-17-21(28-3)13-20(14-22(17)29-4)23(27)24-15-18-5-7-19(8-6-18)16-26-11-9-25(2)10-12-26/h5-8,13-14H,9-12,15-16H2,1-4H3,(H,24,27). The fraction of sp³-hybridized carbons (Fsp3) is 0.435. The van der Waals surface area contributed by atoms with E-state index in [0.29, 0.717) is 23.6 Å². The van der Waals surface area contributed by atoms with E-state index in [0.717, 1.165) is 43.9 Å². The van der Waals surface area contributed by atoms with E-state index in [1.54, 1.807) is 26.4 Å². The summed E-state index contributed by atoms with van der Waals surface area (Å²) in [5.41, 5.74) is 3.78. The van der Waals surface area contributed by atoms with Gasteiger partial charge in [0, 0.05) is 50.4 Å². The molecule has 1 heterocycles. The van der Waals surface area contributed by atoms with Crippen molar-refractivity contribution in [3.05, 3.63) is 58.7 Å². The number of hydrogen-bond donors (Lipinski definition) is 1. The largest absolute Gasteiger partial charge is 0.496 e. The van der Waals surface area contributed by atoms with Gasteiger partial charge in [0.05, 0.1) is 14.2 Å². The molecule has 0 unspecified atom stereocenters. The second-order valence-electron chi connectivity index (χ2n) is 7.58. The summed E-state index contributed by atoms with van der Waals surface area (Å²) in [6.07, 6.45) is 0. The Balaban J connectivity index is 1.56. The Morgan fingerprint density at radius 1 is 0.966 bits per heavy atom. The molecule has 0 aromatic heterocycles. The van der Waals surface area contributed by atoms with E-state index in [1.807, 2.05) is 6.92 Å². The van der Waals surface area contributed by atoms with Gasteiger partial charge in [-0.25, -0.2) is 0 Å². The van der Waals surface area contributed by atoms with E-state index in [2.05, 4.69) is 46.4 Å². The zero-order valence-electron chi connectivity index (χ0n) is 17.8. The summed E-state index contributed by atoms with van der Waals surface area (Å²) < 4.78 is 10.7. The van der Waals surface area contributed by atoms with Crippen LogP contribution in [0.5, 0.6) is 11.5 Å². The topological polar surface area (TPSA) is 54.0 Å². The molecule has 0 atom stereocenters. The molecule has 0 bridgehead atoms. The zero-order valence-corrected chi connectivity index (χ0v) is 17.8. The smallest absolute Gasteiger partial charge is 0.251 e. The molecule has 2 aromatic carbocycles. The Morgan fingerprint density at radius 2 is 1.52 bits per heavy atom. The lowest BCUT2D eigenvalue weighted by Crippen LogP contribution is -2.43. The van der Waals surface area contributed by atoms with Crippen molar-refractivity contribution in [1.29, 1.82) is 0 Å². The van der Waals surface area contributed by atoms with Crippen LogP contribution in [0.25, 0.3) is 0 Å².